The molecule has 5 aromatic rings. The number of carboxylic acids is 1. The van der Waals surface area contributed by atoms with E-state index in [1.807, 2.05) is 12.1 Å². The van der Waals surface area contributed by atoms with Crippen molar-refractivity contribution in [1.29, 1.82) is 0 Å². The van der Waals surface area contributed by atoms with Gasteiger partial charge in [0, 0.05) is 53.5 Å². The first-order valence-corrected chi connectivity index (χ1v) is 15.3. The van der Waals surface area contributed by atoms with Gasteiger partial charge in [-0.05, 0) is 52.9 Å². The van der Waals surface area contributed by atoms with E-state index < -0.39 is 12.0 Å². The van der Waals surface area contributed by atoms with Crippen LogP contribution in [0.3, 0.4) is 0 Å². The summed E-state index contributed by atoms with van der Waals surface area (Å²) in [6, 6.07) is 14.7. The molecule has 3 aromatic carbocycles. The third-order valence-electron chi connectivity index (χ3n) is 8.02. The maximum Gasteiger partial charge on any atom is 0.339 e. The van der Waals surface area contributed by atoms with Gasteiger partial charge in [-0.15, -0.1) is 0 Å². The third kappa shape index (κ3) is 6.63. The minimum Gasteiger partial charge on any atom is -0.507 e. The van der Waals surface area contributed by atoms with Crippen molar-refractivity contribution in [2.45, 2.75) is 33.2 Å². The highest BCUT2D eigenvalue weighted by molar-refractivity contribution is 6.16. The van der Waals surface area contributed by atoms with Crippen LogP contribution in [0, 0.1) is 11.2 Å². The molecule has 1 fully saturated rings. The molecule has 6 rings (SSSR count). The predicted molar refractivity (Wildman–Crippen MR) is 171 cm³/mol. The number of phenols is 1. The summed E-state index contributed by atoms with van der Waals surface area (Å²) in [5.41, 5.74) is 2.34. The Morgan fingerprint density at radius 3 is 2.52 bits per heavy atom. The summed E-state index contributed by atoms with van der Waals surface area (Å²) in [4.78, 5) is 19.1. The Hall–Kier alpha value is -4.67. The summed E-state index contributed by atoms with van der Waals surface area (Å²) in [6.45, 7) is 9.11. The van der Waals surface area contributed by atoms with Crippen molar-refractivity contribution in [2.24, 2.45) is 5.41 Å². The van der Waals surface area contributed by atoms with Crippen molar-refractivity contribution in [3.63, 3.8) is 0 Å². The molecule has 46 heavy (non-hydrogen) atoms. The lowest BCUT2D eigenvalue weighted by atomic mass is 9.89. The van der Waals surface area contributed by atoms with E-state index in [1.165, 1.54) is 18.4 Å². The highest BCUT2D eigenvalue weighted by atomic mass is 19.1. The maximum absolute atomic E-state index is 13.3. The fourth-order valence-electron chi connectivity index (χ4n) is 5.82. The number of aromatic hydroxyl groups is 1. The molecule has 10 heteroatoms. The zero-order valence-electron chi connectivity index (χ0n) is 26.1. The first kappa shape index (κ1) is 31.3. The van der Waals surface area contributed by atoms with Gasteiger partial charge < -0.3 is 28.8 Å². The van der Waals surface area contributed by atoms with Crippen molar-refractivity contribution in [1.82, 2.24) is 9.88 Å². The number of nitrogens with zero attached hydrogens (tertiary/aromatic N) is 2. The zero-order chi connectivity index (χ0) is 32.4. The Labute approximate surface area is 266 Å². The predicted octanol–water partition coefficient (Wildman–Crippen LogP) is 6.99. The molecule has 1 aliphatic rings. The number of fused-ring (bicyclic) bond motifs is 3. The highest BCUT2D eigenvalue weighted by Gasteiger charge is 2.33. The number of aromatic nitrogens is 1. The molecule has 2 aromatic heterocycles. The molecule has 0 radical (unpaired) electrons. The van der Waals surface area contributed by atoms with Gasteiger partial charge in [-0.3, -0.25) is 4.90 Å². The van der Waals surface area contributed by atoms with Gasteiger partial charge in [-0.25, -0.2) is 14.2 Å². The normalized spacial score (nSPS) is 14.9. The van der Waals surface area contributed by atoms with E-state index in [9.17, 15) is 19.4 Å². The summed E-state index contributed by atoms with van der Waals surface area (Å²) in [5, 5.41) is 23.6. The molecule has 9 nitrogen and oxygen atoms in total. The molecular weight excluding hydrogens is 591 g/mol. The van der Waals surface area contributed by atoms with Crippen molar-refractivity contribution in [2.75, 3.05) is 39.5 Å². The Balaban J connectivity index is 1.45. The van der Waals surface area contributed by atoms with E-state index in [0.29, 0.717) is 84.9 Å². The molecule has 0 bridgehead atoms. The van der Waals surface area contributed by atoms with Crippen LogP contribution in [0.25, 0.3) is 21.7 Å². The van der Waals surface area contributed by atoms with E-state index in [1.54, 1.807) is 36.5 Å². The minimum absolute atomic E-state index is 0.0465. The van der Waals surface area contributed by atoms with Crippen LogP contribution >= 0.6 is 0 Å². The molecule has 0 amide bonds. The van der Waals surface area contributed by atoms with Gasteiger partial charge in [0.25, 0.3) is 0 Å². The van der Waals surface area contributed by atoms with Gasteiger partial charge in [0.2, 0.25) is 5.88 Å². The average Bonchev–Trinajstić information content (AvgIpc) is 3.49. The maximum atomic E-state index is 13.3. The van der Waals surface area contributed by atoms with Crippen LogP contribution in [-0.4, -0.2) is 65.6 Å². The summed E-state index contributed by atoms with van der Waals surface area (Å²) in [5.74, 6) is -0.549. The number of pyridine rings is 1. The molecule has 1 unspecified atom stereocenters. The molecule has 1 atom stereocenters. The lowest BCUT2D eigenvalue weighted by molar-refractivity contribution is 0.0237. The van der Waals surface area contributed by atoms with Crippen molar-refractivity contribution < 1.29 is 38.0 Å². The number of morpholine rings is 1. The smallest absolute Gasteiger partial charge is 0.339 e. The Morgan fingerprint density at radius 2 is 1.80 bits per heavy atom. The molecular formula is C36H37FN2O7. The number of benzene rings is 3. The van der Waals surface area contributed by atoms with Gasteiger partial charge >= 0.3 is 5.97 Å². The van der Waals surface area contributed by atoms with Gasteiger partial charge in [-0.1, -0.05) is 32.9 Å². The van der Waals surface area contributed by atoms with Gasteiger partial charge in [0.1, 0.15) is 34.7 Å². The van der Waals surface area contributed by atoms with Crippen LogP contribution < -0.4 is 9.47 Å². The topological polar surface area (TPSA) is 114 Å². The number of furan rings is 1. The summed E-state index contributed by atoms with van der Waals surface area (Å²) in [7, 11) is 0. The van der Waals surface area contributed by atoms with Crippen LogP contribution in [0.15, 0.2) is 71.5 Å². The molecule has 240 valence electrons. The molecule has 0 spiro atoms. The second kappa shape index (κ2) is 13.0. The number of hydrogen-bond acceptors (Lipinski definition) is 8. The molecule has 3 heterocycles. The molecule has 0 saturated carbocycles. The monoisotopic (exact) mass is 628 g/mol. The van der Waals surface area contributed by atoms with Crippen molar-refractivity contribution in [3.05, 3.63) is 95.1 Å². The van der Waals surface area contributed by atoms with E-state index in [0.717, 1.165) is 11.1 Å². The largest absolute Gasteiger partial charge is 0.507 e. The molecule has 1 saturated heterocycles. The van der Waals surface area contributed by atoms with E-state index >= 15 is 0 Å². The standard InChI is InChI=1S/C36H37FN2O7/c1-36(2,3)21-46-29-18-23(10-12-38-29)32(39-13-16-43-17-14-39)31-30-28(35(41)42)20-45-34(30)27-19-25(8-9-26(27)33(31)40)44-15-11-22-4-6-24(37)7-5-22/h4-10,12,18-20,32,40H,11,13-17,21H2,1-3H3,(H,41,42). The van der Waals surface area contributed by atoms with E-state index in [4.69, 9.17) is 18.6 Å². The minimum atomic E-state index is -1.17. The molecule has 2 N–H and O–H groups in total. The third-order valence-corrected chi connectivity index (χ3v) is 8.02. The van der Waals surface area contributed by atoms with E-state index in [-0.39, 0.29) is 22.5 Å². The number of halogens is 1. The average molecular weight is 629 g/mol. The number of rotatable bonds is 10. The van der Waals surface area contributed by atoms with Gasteiger partial charge in [-0.2, -0.15) is 0 Å². The summed E-state index contributed by atoms with van der Waals surface area (Å²) >= 11 is 0. The summed E-state index contributed by atoms with van der Waals surface area (Å²) in [6.07, 6.45) is 3.45. The highest BCUT2D eigenvalue weighted by Crippen LogP contribution is 2.47. The number of carboxylic acid groups (broad SMARTS) is 1. The van der Waals surface area contributed by atoms with Crippen LogP contribution in [0.1, 0.15) is 53.9 Å². The SMILES string of the molecule is CC(C)(C)COc1cc(C(c2c(O)c3ccc(OCCc4ccc(F)cc4)cc3c3occ(C(=O)O)c23)N2CCOCC2)ccn1. The van der Waals surface area contributed by atoms with Crippen LogP contribution in [-0.2, 0) is 11.2 Å². The van der Waals surface area contributed by atoms with Crippen molar-refractivity contribution >= 4 is 27.7 Å². The van der Waals surface area contributed by atoms with Crippen LogP contribution in [0.4, 0.5) is 4.39 Å². The number of carbonyl (C=O) groups is 1. The number of ether oxygens (including phenoxy) is 3. The van der Waals surface area contributed by atoms with Crippen LogP contribution in [0.5, 0.6) is 17.4 Å². The Morgan fingerprint density at radius 1 is 1.04 bits per heavy atom. The molecule has 0 aliphatic carbocycles. The zero-order valence-corrected chi connectivity index (χ0v) is 26.1. The second-order valence-electron chi connectivity index (χ2n) is 12.7. The first-order valence-electron chi connectivity index (χ1n) is 15.3. The number of hydrogen-bond donors (Lipinski definition) is 2. The number of phenolic OH excluding ortho intramolecular Hbond substituents is 1. The number of aromatic carboxylic acids is 1. The van der Waals surface area contributed by atoms with Crippen molar-refractivity contribution in [3.8, 4) is 17.4 Å². The molecule has 1 aliphatic heterocycles. The first-order chi connectivity index (χ1) is 22.1. The van der Waals surface area contributed by atoms with E-state index in [2.05, 4.69) is 30.7 Å². The van der Waals surface area contributed by atoms with Gasteiger partial charge in [0.15, 0.2) is 0 Å². The fraction of sp³-hybridized carbons (Fsp3) is 0.333. The lowest BCUT2D eigenvalue weighted by Crippen LogP contribution is -2.39. The quantitative estimate of drug-likeness (QED) is 0.169. The van der Waals surface area contributed by atoms with Gasteiger partial charge in [0.05, 0.1) is 32.5 Å². The Kier molecular flexibility index (Phi) is 8.84. The van der Waals surface area contributed by atoms with Crippen LogP contribution in [0.2, 0.25) is 0 Å². The fourth-order valence-corrected chi connectivity index (χ4v) is 5.82. The summed E-state index contributed by atoms with van der Waals surface area (Å²) < 4.78 is 37.0. The second-order valence-corrected chi connectivity index (χ2v) is 12.7. The lowest BCUT2D eigenvalue weighted by Gasteiger charge is -2.36. The Bertz CT molecular complexity index is 1860.